The van der Waals surface area contributed by atoms with Crippen molar-refractivity contribution in [1.29, 1.82) is 0 Å². The fourth-order valence-electron chi connectivity index (χ4n) is 2.57. The minimum Gasteiger partial charge on any atom is -0.454 e. The summed E-state index contributed by atoms with van der Waals surface area (Å²) in [5.74, 6) is 1.49. The van der Waals surface area contributed by atoms with E-state index in [0.717, 1.165) is 38.7 Å². The number of halogens is 1. The maximum Gasteiger partial charge on any atom is 0.231 e. The number of benzene rings is 1. The lowest BCUT2D eigenvalue weighted by atomic mass is 10.1. The number of H-pyrrole nitrogens is 2. The van der Waals surface area contributed by atoms with E-state index < -0.39 is 0 Å². The van der Waals surface area contributed by atoms with Crippen LogP contribution >= 0.6 is 28.1 Å². The number of aliphatic imine (C=N–C) groups is 1. The molecular weight excluding hydrogens is 366 g/mol. The summed E-state index contributed by atoms with van der Waals surface area (Å²) in [6.07, 6.45) is 6.84. The second-order valence-electron chi connectivity index (χ2n) is 5.05. The maximum absolute atomic E-state index is 5.52. The number of nitrogens with zero attached hydrogens (tertiary/aromatic N) is 1. The lowest BCUT2D eigenvalue weighted by Gasteiger charge is -2.08. The Hall–Kier alpha value is -1.86. The number of nitrogens with one attached hydrogen (secondary N) is 2. The highest BCUT2D eigenvalue weighted by Crippen LogP contribution is 2.38. The van der Waals surface area contributed by atoms with E-state index >= 15 is 0 Å². The minimum absolute atomic E-state index is 0.0685. The normalized spacial score (nSPS) is 18.9. The first-order valence-corrected chi connectivity index (χ1v) is 8.02. The first-order chi connectivity index (χ1) is 10.7. The van der Waals surface area contributed by atoms with Crippen LogP contribution in [0.4, 0.5) is 0 Å². The average molecular weight is 378 g/mol. The van der Waals surface area contributed by atoms with Crippen LogP contribution in [0.15, 0.2) is 21.6 Å². The number of hydrogen-bond donors (Lipinski definition) is 2. The van der Waals surface area contributed by atoms with Crippen molar-refractivity contribution in [3.05, 3.63) is 37.6 Å². The van der Waals surface area contributed by atoms with Crippen molar-refractivity contribution >= 4 is 46.5 Å². The molecule has 0 spiro atoms. The van der Waals surface area contributed by atoms with Crippen LogP contribution in [0.25, 0.3) is 12.2 Å². The summed E-state index contributed by atoms with van der Waals surface area (Å²) >= 11 is 8.64. The monoisotopic (exact) mass is 377 g/mol. The molecule has 7 heteroatoms. The molecule has 2 aliphatic rings. The Morgan fingerprint density at radius 3 is 3.05 bits per heavy atom. The van der Waals surface area contributed by atoms with Gasteiger partial charge in [-0.1, -0.05) is 6.08 Å². The van der Waals surface area contributed by atoms with Crippen molar-refractivity contribution in [1.82, 2.24) is 9.97 Å². The van der Waals surface area contributed by atoms with Crippen molar-refractivity contribution in [3.63, 3.8) is 0 Å². The van der Waals surface area contributed by atoms with Gasteiger partial charge >= 0.3 is 0 Å². The van der Waals surface area contributed by atoms with E-state index in [0.29, 0.717) is 4.77 Å². The highest BCUT2D eigenvalue weighted by Gasteiger charge is 2.19. The van der Waals surface area contributed by atoms with Gasteiger partial charge in [0.15, 0.2) is 16.3 Å². The number of fused-ring (bicyclic) bond motifs is 2. The predicted molar refractivity (Wildman–Crippen MR) is 90.4 cm³/mol. The molecule has 4 rings (SSSR count). The summed E-state index contributed by atoms with van der Waals surface area (Å²) in [5, 5.41) is 2.03. The number of ether oxygens (including phenoxy) is 2. The lowest BCUT2D eigenvalue weighted by molar-refractivity contribution is 0.174. The predicted octanol–water partition coefficient (Wildman–Crippen LogP) is 2.02. The fraction of sp³-hybridized carbons (Fsp3) is 0.200. The van der Waals surface area contributed by atoms with E-state index in [-0.39, 0.29) is 12.8 Å². The Kier molecular flexibility index (Phi) is 3.38. The van der Waals surface area contributed by atoms with Crippen molar-refractivity contribution in [3.8, 4) is 11.5 Å². The third-order valence-electron chi connectivity index (χ3n) is 3.63. The van der Waals surface area contributed by atoms with E-state index in [1.54, 1.807) is 0 Å². The number of imidazole rings is 1. The Morgan fingerprint density at radius 2 is 2.14 bits per heavy atom. The van der Waals surface area contributed by atoms with Gasteiger partial charge < -0.3 is 19.4 Å². The molecule has 2 N–H and O–H groups in total. The van der Waals surface area contributed by atoms with E-state index in [1.807, 2.05) is 18.3 Å². The molecular formula is C15H12BrN3O2S. The second-order valence-corrected chi connectivity index (χ2v) is 6.32. The largest absolute Gasteiger partial charge is 0.454 e. The van der Waals surface area contributed by atoms with Gasteiger partial charge in [-0.15, -0.1) is 0 Å². The summed E-state index contributed by atoms with van der Waals surface area (Å²) in [5.41, 5.74) is 0.899. The zero-order valence-corrected chi connectivity index (χ0v) is 13.8. The number of aromatic nitrogens is 2. The van der Waals surface area contributed by atoms with Crippen molar-refractivity contribution in [2.45, 2.75) is 12.5 Å². The van der Waals surface area contributed by atoms with Gasteiger partial charge in [0, 0.05) is 10.7 Å². The number of hydrogen-bond acceptors (Lipinski definition) is 4. The molecule has 5 nitrogen and oxygen atoms in total. The fourth-order valence-corrected chi connectivity index (χ4v) is 3.20. The Bertz CT molecular complexity index is 945. The van der Waals surface area contributed by atoms with Gasteiger partial charge in [-0.05, 0) is 52.8 Å². The number of rotatable bonds is 2. The Labute approximate surface area is 139 Å². The zero-order chi connectivity index (χ0) is 15.1. The molecule has 2 heterocycles. The van der Waals surface area contributed by atoms with Crippen LogP contribution in [0.3, 0.4) is 0 Å². The molecule has 0 saturated carbocycles. The van der Waals surface area contributed by atoms with Gasteiger partial charge in [-0.3, -0.25) is 4.99 Å². The van der Waals surface area contributed by atoms with Gasteiger partial charge in [0.25, 0.3) is 0 Å². The smallest absolute Gasteiger partial charge is 0.231 e. The molecule has 0 fully saturated rings. The van der Waals surface area contributed by atoms with E-state index in [1.165, 1.54) is 0 Å². The van der Waals surface area contributed by atoms with Crippen LogP contribution < -0.4 is 20.2 Å². The van der Waals surface area contributed by atoms with E-state index in [4.69, 9.17) is 21.7 Å². The molecule has 0 radical (unpaired) electrons. The lowest BCUT2D eigenvalue weighted by Crippen LogP contribution is -2.30. The molecule has 1 aliphatic carbocycles. The first-order valence-electron chi connectivity index (χ1n) is 6.82. The van der Waals surface area contributed by atoms with Crippen LogP contribution in [-0.2, 0) is 0 Å². The van der Waals surface area contributed by atoms with Gasteiger partial charge in [0.2, 0.25) is 6.79 Å². The summed E-state index contributed by atoms with van der Waals surface area (Å²) in [4.78, 5) is 10.9. The molecule has 22 heavy (non-hydrogen) atoms. The number of aromatic amines is 2. The molecule has 1 aromatic carbocycles. The van der Waals surface area contributed by atoms with Gasteiger partial charge in [-0.25, -0.2) is 0 Å². The molecule has 0 bridgehead atoms. The molecule has 1 atom stereocenters. The summed E-state index contributed by atoms with van der Waals surface area (Å²) in [6.45, 7) is 0.249. The van der Waals surface area contributed by atoms with Gasteiger partial charge in [0.1, 0.15) is 0 Å². The molecule has 1 unspecified atom stereocenters. The molecule has 1 aromatic heterocycles. The van der Waals surface area contributed by atoms with Gasteiger partial charge in [0.05, 0.1) is 22.3 Å². The summed E-state index contributed by atoms with van der Waals surface area (Å²) < 4.78 is 12.5. The van der Waals surface area contributed by atoms with Crippen LogP contribution in [-0.4, -0.2) is 29.0 Å². The molecule has 0 saturated heterocycles. The SMILES string of the molecule is S=c1[nH]c2c([nH]1)=CC(N=Cc1c(Br)ccc3c1OCO3)CC=2. The summed E-state index contributed by atoms with van der Waals surface area (Å²) in [6, 6.07) is 3.89. The third kappa shape index (κ3) is 2.40. The summed E-state index contributed by atoms with van der Waals surface area (Å²) in [7, 11) is 0. The molecule has 112 valence electrons. The highest BCUT2D eigenvalue weighted by atomic mass is 79.9. The topological polar surface area (TPSA) is 62.4 Å². The van der Waals surface area contributed by atoms with E-state index in [2.05, 4.69) is 43.0 Å². The second kappa shape index (κ2) is 5.40. The highest BCUT2D eigenvalue weighted by molar-refractivity contribution is 9.10. The molecule has 2 aromatic rings. The molecule has 0 amide bonds. The average Bonchev–Trinajstić information content (AvgIpc) is 3.10. The van der Waals surface area contributed by atoms with Crippen molar-refractivity contribution in [2.24, 2.45) is 4.99 Å². The van der Waals surface area contributed by atoms with Gasteiger partial charge in [-0.2, -0.15) is 0 Å². The quantitative estimate of drug-likeness (QED) is 0.621. The van der Waals surface area contributed by atoms with Crippen molar-refractivity contribution < 1.29 is 9.47 Å². The van der Waals surface area contributed by atoms with E-state index in [9.17, 15) is 0 Å². The first kappa shape index (κ1) is 13.8. The standard InChI is InChI=1S/C15H12BrN3O2S/c16-10-2-4-13-14(21-7-20-13)9(10)6-17-8-1-3-11-12(5-8)19-15(22)18-11/h2-6,8H,1,7H2,(H2,18,19,22). The van der Waals surface area contributed by atoms with Crippen LogP contribution in [0, 0.1) is 4.77 Å². The zero-order valence-electron chi connectivity index (χ0n) is 11.4. The Morgan fingerprint density at radius 1 is 1.27 bits per heavy atom. The van der Waals surface area contributed by atoms with Crippen molar-refractivity contribution in [2.75, 3.05) is 6.79 Å². The maximum atomic E-state index is 5.52. The third-order valence-corrected chi connectivity index (χ3v) is 4.52. The molecule has 1 aliphatic heterocycles. The van der Waals surface area contributed by atoms with Crippen LogP contribution in [0.1, 0.15) is 12.0 Å². The Balaban J connectivity index is 1.68. The van der Waals surface area contributed by atoms with Crippen LogP contribution in [0.2, 0.25) is 0 Å². The minimum atomic E-state index is 0.0685. The van der Waals surface area contributed by atoms with Crippen LogP contribution in [0.5, 0.6) is 11.5 Å².